The zero-order valence-electron chi connectivity index (χ0n) is 17.1. The van der Waals surface area contributed by atoms with Crippen molar-refractivity contribution in [3.63, 3.8) is 0 Å². The summed E-state index contributed by atoms with van der Waals surface area (Å²) in [5.41, 5.74) is 1.06. The molecule has 2 aliphatic rings. The predicted molar refractivity (Wildman–Crippen MR) is 113 cm³/mol. The normalized spacial score (nSPS) is 20.9. The number of nitrogens with one attached hydrogen (secondary N) is 1. The van der Waals surface area contributed by atoms with E-state index in [1.54, 1.807) is 30.6 Å². The van der Waals surface area contributed by atoms with E-state index in [4.69, 9.17) is 11.6 Å². The van der Waals surface area contributed by atoms with Gasteiger partial charge in [0.25, 0.3) is 11.8 Å². The molecule has 1 saturated carbocycles. The van der Waals surface area contributed by atoms with Crippen LogP contribution in [0.1, 0.15) is 56.0 Å². The smallest absolute Gasteiger partial charge is 0.252 e. The van der Waals surface area contributed by atoms with Gasteiger partial charge in [0.15, 0.2) is 0 Å². The highest BCUT2D eigenvalue weighted by atomic mass is 35.5. The van der Waals surface area contributed by atoms with Crippen LogP contribution in [0.3, 0.4) is 0 Å². The van der Waals surface area contributed by atoms with Gasteiger partial charge >= 0.3 is 0 Å². The van der Waals surface area contributed by atoms with Gasteiger partial charge in [-0.1, -0.05) is 30.3 Å². The number of alkyl halides is 2. The SMILES string of the molecule is C=C(Cl)/C(=C\C=C/C)C(=O)NCC(c1cnc(C2CC2)nc1)N1CCC(F)(F)CC1. The molecule has 5 nitrogen and oxygen atoms in total. The predicted octanol–water partition coefficient (Wildman–Crippen LogP) is 4.50. The number of rotatable bonds is 8. The van der Waals surface area contributed by atoms with Gasteiger partial charge in [-0.05, 0) is 25.8 Å². The molecule has 1 N–H and O–H groups in total. The van der Waals surface area contributed by atoms with Gasteiger partial charge < -0.3 is 5.32 Å². The molecule has 1 saturated heterocycles. The van der Waals surface area contributed by atoms with Crippen molar-refractivity contribution in [2.45, 2.75) is 50.5 Å². The molecule has 1 aliphatic heterocycles. The number of hydrogen-bond acceptors (Lipinski definition) is 4. The number of nitrogens with zero attached hydrogens (tertiary/aromatic N) is 3. The van der Waals surface area contributed by atoms with Crippen molar-refractivity contribution in [1.82, 2.24) is 20.2 Å². The standard InChI is InChI=1S/C22H27ClF2N4O/c1-3-4-5-18(15(2)23)21(30)28-14-19(29-10-8-22(24,25)9-11-29)17-12-26-20(27-13-17)16-6-7-16/h3-5,12-13,16,19H,2,6-11,14H2,1H3,(H,28,30)/b4-3-,18-5+. The van der Waals surface area contributed by atoms with Gasteiger partial charge in [-0.15, -0.1) is 0 Å². The zero-order valence-corrected chi connectivity index (χ0v) is 17.8. The molecule has 3 rings (SSSR count). The summed E-state index contributed by atoms with van der Waals surface area (Å²) < 4.78 is 27.3. The molecule has 1 amide bonds. The van der Waals surface area contributed by atoms with Gasteiger partial charge in [-0.3, -0.25) is 9.69 Å². The lowest BCUT2D eigenvalue weighted by atomic mass is 10.0. The van der Waals surface area contributed by atoms with Gasteiger partial charge in [0.1, 0.15) is 5.82 Å². The van der Waals surface area contributed by atoms with Crippen molar-refractivity contribution in [1.29, 1.82) is 0 Å². The molecule has 0 aromatic carbocycles. The molecular weight excluding hydrogens is 410 g/mol. The summed E-state index contributed by atoms with van der Waals surface area (Å²) in [6.45, 7) is 6.18. The van der Waals surface area contributed by atoms with E-state index in [-0.39, 0.29) is 55.0 Å². The first-order valence-corrected chi connectivity index (χ1v) is 10.6. The highest BCUT2D eigenvalue weighted by Gasteiger charge is 2.37. The largest absolute Gasteiger partial charge is 0.350 e. The number of piperidine rings is 1. The fourth-order valence-electron chi connectivity index (χ4n) is 3.46. The van der Waals surface area contributed by atoms with E-state index in [2.05, 4.69) is 21.9 Å². The van der Waals surface area contributed by atoms with E-state index in [1.807, 2.05) is 11.8 Å². The summed E-state index contributed by atoms with van der Waals surface area (Å²) in [7, 11) is 0. The summed E-state index contributed by atoms with van der Waals surface area (Å²) >= 11 is 5.97. The van der Waals surface area contributed by atoms with E-state index in [1.165, 1.54) is 0 Å². The average molecular weight is 437 g/mol. The van der Waals surface area contributed by atoms with Gasteiger partial charge in [0.2, 0.25) is 0 Å². The lowest BCUT2D eigenvalue weighted by Crippen LogP contribution is -2.45. The van der Waals surface area contributed by atoms with Crippen LogP contribution in [0.15, 0.2) is 47.8 Å². The molecule has 1 atom stereocenters. The van der Waals surface area contributed by atoms with Gasteiger partial charge in [-0.25, -0.2) is 18.7 Å². The van der Waals surface area contributed by atoms with Crippen LogP contribution in [0.5, 0.6) is 0 Å². The van der Waals surface area contributed by atoms with Crippen LogP contribution in [0, 0.1) is 0 Å². The quantitative estimate of drug-likeness (QED) is 0.481. The van der Waals surface area contributed by atoms with Gasteiger partial charge in [-0.2, -0.15) is 0 Å². The number of carbonyl (C=O) groups is 1. The summed E-state index contributed by atoms with van der Waals surface area (Å²) in [6, 6.07) is -0.301. The maximum absolute atomic E-state index is 13.7. The molecule has 8 heteroatoms. The number of amides is 1. The first-order chi connectivity index (χ1) is 14.3. The summed E-state index contributed by atoms with van der Waals surface area (Å²) in [5.74, 6) is -1.76. The van der Waals surface area contributed by atoms with E-state index in [9.17, 15) is 13.6 Å². The number of allylic oxidation sites excluding steroid dienone is 3. The molecule has 1 aliphatic carbocycles. The van der Waals surface area contributed by atoms with Crippen LogP contribution in [-0.2, 0) is 4.79 Å². The van der Waals surface area contributed by atoms with Crippen LogP contribution in [0.25, 0.3) is 0 Å². The molecule has 1 unspecified atom stereocenters. The van der Waals surface area contributed by atoms with Crippen molar-refractivity contribution in [3.8, 4) is 0 Å². The molecule has 0 bridgehead atoms. The fourth-order valence-corrected chi connectivity index (χ4v) is 3.61. The highest BCUT2D eigenvalue weighted by molar-refractivity contribution is 6.35. The van der Waals surface area contributed by atoms with E-state index in [0.717, 1.165) is 24.2 Å². The fraction of sp³-hybridized carbons (Fsp3) is 0.500. The number of likely N-dealkylation sites (tertiary alicyclic amines) is 1. The molecule has 0 radical (unpaired) electrons. The Labute approximate surface area is 180 Å². The second kappa shape index (κ2) is 9.79. The van der Waals surface area contributed by atoms with Crippen molar-refractivity contribution >= 4 is 17.5 Å². The molecule has 162 valence electrons. The first-order valence-electron chi connectivity index (χ1n) is 10.2. The van der Waals surface area contributed by atoms with Crippen LogP contribution in [0.4, 0.5) is 8.78 Å². The minimum atomic E-state index is -2.64. The molecule has 0 spiro atoms. The molecule has 2 fully saturated rings. The van der Waals surface area contributed by atoms with Crippen LogP contribution in [-0.4, -0.2) is 46.3 Å². The summed E-state index contributed by atoms with van der Waals surface area (Å²) in [5, 5.41) is 3.00. The van der Waals surface area contributed by atoms with E-state index < -0.39 is 5.92 Å². The Morgan fingerprint density at radius 2 is 2.00 bits per heavy atom. The molecule has 1 aromatic rings. The van der Waals surface area contributed by atoms with Crippen LogP contribution in [0.2, 0.25) is 0 Å². The highest BCUT2D eigenvalue weighted by Crippen LogP contribution is 2.38. The van der Waals surface area contributed by atoms with E-state index >= 15 is 0 Å². The Bertz CT molecular complexity index is 824. The first kappa shape index (κ1) is 22.6. The minimum absolute atomic E-state index is 0.136. The minimum Gasteiger partial charge on any atom is -0.350 e. The van der Waals surface area contributed by atoms with Crippen LogP contribution < -0.4 is 5.32 Å². The Balaban J connectivity index is 1.75. The third-order valence-electron chi connectivity index (χ3n) is 5.44. The Hall–Kier alpha value is -2.12. The Morgan fingerprint density at radius 1 is 1.37 bits per heavy atom. The maximum Gasteiger partial charge on any atom is 0.252 e. The Kier molecular flexibility index (Phi) is 7.36. The molecule has 1 aromatic heterocycles. The number of carbonyl (C=O) groups excluding carboxylic acids is 1. The monoisotopic (exact) mass is 436 g/mol. The van der Waals surface area contributed by atoms with Crippen molar-refractivity contribution in [2.75, 3.05) is 19.6 Å². The third kappa shape index (κ3) is 5.95. The topological polar surface area (TPSA) is 58.1 Å². The third-order valence-corrected chi connectivity index (χ3v) is 5.64. The average Bonchev–Trinajstić information content (AvgIpc) is 3.55. The number of aromatic nitrogens is 2. The lowest BCUT2D eigenvalue weighted by molar-refractivity contribution is -0.117. The number of hydrogen-bond donors (Lipinski definition) is 1. The lowest BCUT2D eigenvalue weighted by Gasteiger charge is -2.37. The van der Waals surface area contributed by atoms with Gasteiger partial charge in [0, 0.05) is 61.4 Å². The van der Waals surface area contributed by atoms with Crippen molar-refractivity contribution in [2.24, 2.45) is 0 Å². The second-order valence-corrected chi connectivity index (χ2v) is 8.23. The summed E-state index contributed by atoms with van der Waals surface area (Å²) in [6.07, 6.45) is 10.4. The Morgan fingerprint density at radius 3 is 2.53 bits per heavy atom. The molecule has 2 heterocycles. The van der Waals surface area contributed by atoms with Crippen molar-refractivity contribution in [3.05, 3.63) is 59.2 Å². The van der Waals surface area contributed by atoms with E-state index in [0.29, 0.717) is 5.92 Å². The second-order valence-electron chi connectivity index (χ2n) is 7.78. The molecular formula is C22H27ClF2N4O. The van der Waals surface area contributed by atoms with Crippen molar-refractivity contribution < 1.29 is 13.6 Å². The summed E-state index contributed by atoms with van der Waals surface area (Å²) in [4.78, 5) is 23.5. The number of halogens is 3. The van der Waals surface area contributed by atoms with Gasteiger partial charge in [0.05, 0.1) is 11.6 Å². The molecule has 30 heavy (non-hydrogen) atoms. The van der Waals surface area contributed by atoms with Crippen LogP contribution >= 0.6 is 11.6 Å². The zero-order chi connectivity index (χ0) is 21.7. The maximum atomic E-state index is 13.7.